The first-order chi connectivity index (χ1) is 10.0. The van der Waals surface area contributed by atoms with Crippen molar-refractivity contribution in [3.8, 4) is 0 Å². The number of H-pyrrole nitrogens is 1. The van der Waals surface area contributed by atoms with E-state index in [0.717, 1.165) is 24.5 Å². The number of aromatic amines is 1. The van der Waals surface area contributed by atoms with Crippen LogP contribution in [-0.2, 0) is 0 Å². The Morgan fingerprint density at radius 3 is 2.57 bits per heavy atom. The zero-order valence-electron chi connectivity index (χ0n) is 13.4. The maximum Gasteiger partial charge on any atom is 0.274 e. The van der Waals surface area contributed by atoms with E-state index in [4.69, 9.17) is 5.73 Å². The summed E-state index contributed by atoms with van der Waals surface area (Å²) in [6, 6.07) is 0.268. The van der Waals surface area contributed by atoms with Crippen LogP contribution in [0.3, 0.4) is 0 Å². The lowest BCUT2D eigenvalue weighted by molar-refractivity contribution is 0.0917. The van der Waals surface area contributed by atoms with Gasteiger partial charge in [-0.25, -0.2) is 0 Å². The van der Waals surface area contributed by atoms with Crippen molar-refractivity contribution in [3.05, 3.63) is 11.4 Å². The van der Waals surface area contributed by atoms with Crippen molar-refractivity contribution in [1.29, 1.82) is 0 Å². The zero-order valence-corrected chi connectivity index (χ0v) is 13.4. The fraction of sp³-hybridized carbons (Fsp3) is 0.750. The molecule has 0 aliphatic heterocycles. The summed E-state index contributed by atoms with van der Waals surface area (Å²) in [4.78, 5) is 12.3. The highest BCUT2D eigenvalue weighted by Gasteiger charge is 2.25. The number of hydrogen-bond donors (Lipinski definition) is 3. The van der Waals surface area contributed by atoms with Gasteiger partial charge in [0.05, 0.1) is 11.4 Å². The van der Waals surface area contributed by atoms with Crippen LogP contribution in [0.25, 0.3) is 0 Å². The molecule has 0 bridgehead atoms. The van der Waals surface area contributed by atoms with Crippen molar-refractivity contribution in [2.75, 3.05) is 5.73 Å². The normalized spacial score (nSPS) is 22.5. The number of nitrogens with zero attached hydrogens (tertiary/aromatic N) is 1. The number of nitrogens with one attached hydrogen (secondary N) is 2. The minimum absolute atomic E-state index is 0.144. The molecule has 0 radical (unpaired) electrons. The van der Waals surface area contributed by atoms with Gasteiger partial charge in [0.25, 0.3) is 5.91 Å². The van der Waals surface area contributed by atoms with Gasteiger partial charge >= 0.3 is 0 Å². The van der Waals surface area contributed by atoms with Crippen molar-refractivity contribution in [2.45, 2.75) is 71.3 Å². The summed E-state index contributed by atoms with van der Waals surface area (Å²) in [5.74, 6) is 0.935. The van der Waals surface area contributed by atoms with Gasteiger partial charge in [-0.1, -0.05) is 33.6 Å². The van der Waals surface area contributed by atoms with Gasteiger partial charge in [0.15, 0.2) is 5.69 Å². The number of anilines is 1. The third kappa shape index (κ3) is 3.77. The Labute approximate surface area is 127 Å². The molecule has 21 heavy (non-hydrogen) atoms. The molecule has 0 spiro atoms. The Bertz CT molecular complexity index is 473. The standard InChI is InChI=1S/C16H28N4O/c1-4-5-11-6-8-12(9-7-11)18-16(21)15-13(17)14(10(2)3)19-20-15/h10-12H,4-9,17H2,1-3H3,(H,18,21)(H,19,20). The summed E-state index contributed by atoms with van der Waals surface area (Å²) in [5.41, 5.74) is 7.69. The average molecular weight is 292 g/mol. The number of nitrogens with two attached hydrogens (primary N) is 1. The number of carbonyl (C=O) groups excluding carboxylic acids is 1. The SMILES string of the molecule is CCCC1CCC(NC(=O)c2n[nH]c(C(C)C)c2N)CC1. The number of amides is 1. The fourth-order valence-electron chi connectivity index (χ4n) is 3.23. The number of rotatable bonds is 5. The summed E-state index contributed by atoms with van der Waals surface area (Å²) in [5, 5.41) is 10.1. The molecule has 1 saturated carbocycles. The predicted molar refractivity (Wildman–Crippen MR) is 85.2 cm³/mol. The highest BCUT2D eigenvalue weighted by molar-refractivity contribution is 5.97. The lowest BCUT2D eigenvalue weighted by Gasteiger charge is -2.28. The molecule has 1 heterocycles. The number of aromatic nitrogens is 2. The smallest absolute Gasteiger partial charge is 0.274 e. The van der Waals surface area contributed by atoms with Crippen LogP contribution >= 0.6 is 0 Å². The molecule has 2 rings (SSSR count). The van der Waals surface area contributed by atoms with Crippen LogP contribution in [0.15, 0.2) is 0 Å². The number of nitrogen functional groups attached to an aromatic ring is 1. The van der Waals surface area contributed by atoms with E-state index in [9.17, 15) is 4.79 Å². The highest BCUT2D eigenvalue weighted by Crippen LogP contribution is 2.28. The predicted octanol–water partition coefficient (Wildman–Crippen LogP) is 3.20. The van der Waals surface area contributed by atoms with Gasteiger partial charge in [-0.3, -0.25) is 9.89 Å². The van der Waals surface area contributed by atoms with E-state index in [1.54, 1.807) is 0 Å². The summed E-state index contributed by atoms with van der Waals surface area (Å²) in [7, 11) is 0. The first-order valence-electron chi connectivity index (χ1n) is 8.17. The molecule has 5 heteroatoms. The Kier molecular flexibility index (Phi) is 5.26. The van der Waals surface area contributed by atoms with Gasteiger partial charge in [0.1, 0.15) is 0 Å². The largest absolute Gasteiger partial charge is 0.395 e. The molecule has 5 nitrogen and oxygen atoms in total. The second-order valence-corrected chi connectivity index (χ2v) is 6.53. The third-order valence-electron chi connectivity index (χ3n) is 4.50. The van der Waals surface area contributed by atoms with Crippen LogP contribution in [-0.4, -0.2) is 22.1 Å². The van der Waals surface area contributed by atoms with Gasteiger partial charge in [-0.2, -0.15) is 5.10 Å². The molecule has 1 fully saturated rings. The number of hydrogen-bond acceptors (Lipinski definition) is 3. The lowest BCUT2D eigenvalue weighted by atomic mass is 9.83. The average Bonchev–Trinajstić information content (AvgIpc) is 2.83. The summed E-state index contributed by atoms with van der Waals surface area (Å²) in [6.07, 6.45) is 7.13. The van der Waals surface area contributed by atoms with E-state index in [0.29, 0.717) is 11.4 Å². The maximum atomic E-state index is 12.3. The van der Waals surface area contributed by atoms with E-state index < -0.39 is 0 Å². The van der Waals surface area contributed by atoms with Crippen molar-refractivity contribution in [1.82, 2.24) is 15.5 Å². The number of carbonyl (C=O) groups is 1. The summed E-state index contributed by atoms with van der Waals surface area (Å²) >= 11 is 0. The Morgan fingerprint density at radius 2 is 2.05 bits per heavy atom. The molecule has 0 aromatic carbocycles. The summed E-state index contributed by atoms with van der Waals surface area (Å²) in [6.45, 7) is 6.29. The minimum atomic E-state index is -0.144. The van der Waals surface area contributed by atoms with Crippen LogP contribution < -0.4 is 11.1 Å². The maximum absolute atomic E-state index is 12.3. The molecule has 118 valence electrons. The quantitative estimate of drug-likeness (QED) is 0.779. The molecule has 1 aromatic rings. The lowest BCUT2D eigenvalue weighted by Crippen LogP contribution is -2.38. The van der Waals surface area contributed by atoms with Gasteiger partial charge in [0.2, 0.25) is 0 Å². The first-order valence-corrected chi connectivity index (χ1v) is 8.17. The van der Waals surface area contributed by atoms with Crippen LogP contribution in [0.2, 0.25) is 0 Å². The van der Waals surface area contributed by atoms with Gasteiger partial charge in [-0.05, 0) is 37.5 Å². The Balaban J connectivity index is 1.91. The van der Waals surface area contributed by atoms with E-state index in [1.165, 1.54) is 25.7 Å². The molecule has 1 aliphatic carbocycles. The molecule has 0 unspecified atom stereocenters. The third-order valence-corrected chi connectivity index (χ3v) is 4.50. The highest BCUT2D eigenvalue weighted by atomic mass is 16.2. The van der Waals surface area contributed by atoms with Gasteiger partial charge in [0, 0.05) is 6.04 Å². The van der Waals surface area contributed by atoms with Crippen molar-refractivity contribution in [3.63, 3.8) is 0 Å². The van der Waals surface area contributed by atoms with E-state index in [1.807, 2.05) is 13.8 Å². The topological polar surface area (TPSA) is 83.8 Å². The molecule has 1 aromatic heterocycles. The van der Waals surface area contributed by atoms with Crippen LogP contribution in [0, 0.1) is 5.92 Å². The first kappa shape index (κ1) is 15.9. The van der Waals surface area contributed by atoms with Gasteiger partial charge < -0.3 is 11.1 Å². The minimum Gasteiger partial charge on any atom is -0.395 e. The van der Waals surface area contributed by atoms with E-state index >= 15 is 0 Å². The van der Waals surface area contributed by atoms with E-state index in [2.05, 4.69) is 22.4 Å². The second-order valence-electron chi connectivity index (χ2n) is 6.53. The van der Waals surface area contributed by atoms with Crippen LogP contribution in [0.1, 0.15) is 81.4 Å². The molecular weight excluding hydrogens is 264 g/mol. The molecule has 0 saturated heterocycles. The monoisotopic (exact) mass is 292 g/mol. The zero-order chi connectivity index (χ0) is 15.4. The second kappa shape index (κ2) is 6.96. The van der Waals surface area contributed by atoms with Crippen molar-refractivity contribution >= 4 is 11.6 Å². The molecule has 0 atom stereocenters. The Hall–Kier alpha value is -1.52. The Morgan fingerprint density at radius 1 is 1.38 bits per heavy atom. The van der Waals surface area contributed by atoms with Crippen molar-refractivity contribution < 1.29 is 4.79 Å². The summed E-state index contributed by atoms with van der Waals surface area (Å²) < 4.78 is 0. The van der Waals surface area contributed by atoms with Crippen LogP contribution in [0.5, 0.6) is 0 Å². The molecule has 1 amide bonds. The molecular formula is C16H28N4O. The fourth-order valence-corrected chi connectivity index (χ4v) is 3.23. The van der Waals surface area contributed by atoms with Gasteiger partial charge in [-0.15, -0.1) is 0 Å². The molecule has 4 N–H and O–H groups in total. The van der Waals surface area contributed by atoms with Crippen molar-refractivity contribution in [2.24, 2.45) is 5.92 Å². The molecule has 1 aliphatic rings. The van der Waals surface area contributed by atoms with E-state index in [-0.39, 0.29) is 17.9 Å². The van der Waals surface area contributed by atoms with Crippen LogP contribution in [0.4, 0.5) is 5.69 Å².